The highest BCUT2D eigenvalue weighted by molar-refractivity contribution is 9.10. The molecule has 144 valence electrons. The molecule has 0 fully saturated rings. The highest BCUT2D eigenvalue weighted by atomic mass is 79.9. The van der Waals surface area contributed by atoms with Crippen LogP contribution >= 0.6 is 31.9 Å². The standard InChI is InChI=1S/C21H20Br2F2O2/c22-18(20(26)14-6-10-16(24)11-7-14)4-2-1-3-5-19(23)21(27)15-8-12-17(25)13-9-15/h6-13,18-19H,1-5H2. The van der Waals surface area contributed by atoms with Crippen molar-refractivity contribution in [3.8, 4) is 0 Å². The summed E-state index contributed by atoms with van der Waals surface area (Å²) in [6.45, 7) is 0. The van der Waals surface area contributed by atoms with Crippen LogP contribution in [0.1, 0.15) is 52.8 Å². The molecule has 0 N–H and O–H groups in total. The Morgan fingerprint density at radius 3 is 1.33 bits per heavy atom. The van der Waals surface area contributed by atoms with Gasteiger partial charge in [-0.2, -0.15) is 0 Å². The molecule has 0 saturated carbocycles. The first kappa shape index (κ1) is 21.9. The molecule has 2 aromatic carbocycles. The van der Waals surface area contributed by atoms with Crippen LogP contribution in [0, 0.1) is 11.6 Å². The number of halogens is 4. The average molecular weight is 502 g/mol. The third-order valence-electron chi connectivity index (χ3n) is 4.24. The molecule has 0 bridgehead atoms. The first-order valence-electron chi connectivity index (χ1n) is 8.76. The van der Waals surface area contributed by atoms with Gasteiger partial charge in [0.2, 0.25) is 0 Å². The number of unbranched alkanes of at least 4 members (excludes halogenated alkanes) is 2. The van der Waals surface area contributed by atoms with Gasteiger partial charge in [-0.3, -0.25) is 9.59 Å². The molecule has 0 radical (unpaired) electrons. The quantitative estimate of drug-likeness (QED) is 0.211. The van der Waals surface area contributed by atoms with Gasteiger partial charge in [-0.1, -0.05) is 51.1 Å². The zero-order valence-corrected chi connectivity index (χ0v) is 17.8. The molecule has 6 heteroatoms. The molecule has 0 aliphatic carbocycles. The Balaban J connectivity index is 1.68. The summed E-state index contributed by atoms with van der Waals surface area (Å²) in [5, 5.41) is 0. The van der Waals surface area contributed by atoms with Crippen LogP contribution in [-0.4, -0.2) is 21.2 Å². The second kappa shape index (κ2) is 10.8. The highest BCUT2D eigenvalue weighted by Crippen LogP contribution is 2.20. The molecule has 27 heavy (non-hydrogen) atoms. The van der Waals surface area contributed by atoms with Crippen LogP contribution in [0.5, 0.6) is 0 Å². The molecule has 0 aliphatic rings. The number of carbonyl (C=O) groups is 2. The van der Waals surface area contributed by atoms with E-state index in [1.807, 2.05) is 0 Å². The summed E-state index contributed by atoms with van der Waals surface area (Å²) in [6.07, 6.45) is 3.92. The fourth-order valence-electron chi connectivity index (χ4n) is 2.68. The van der Waals surface area contributed by atoms with Crippen molar-refractivity contribution in [2.45, 2.75) is 41.8 Å². The molecule has 0 amide bonds. The Labute approximate surface area is 174 Å². The summed E-state index contributed by atoms with van der Waals surface area (Å²) in [4.78, 5) is 23.9. The third-order valence-corrected chi connectivity index (χ3v) is 5.99. The van der Waals surface area contributed by atoms with E-state index in [0.29, 0.717) is 24.0 Å². The summed E-state index contributed by atoms with van der Waals surface area (Å²) < 4.78 is 25.8. The van der Waals surface area contributed by atoms with Gasteiger partial charge >= 0.3 is 0 Å². The van der Waals surface area contributed by atoms with E-state index in [1.165, 1.54) is 48.5 Å². The van der Waals surface area contributed by atoms with Crippen LogP contribution < -0.4 is 0 Å². The maximum absolute atomic E-state index is 12.9. The molecular weight excluding hydrogens is 482 g/mol. The summed E-state index contributed by atoms with van der Waals surface area (Å²) in [6, 6.07) is 11.1. The number of carbonyl (C=O) groups excluding carboxylic acids is 2. The molecule has 0 spiro atoms. The van der Waals surface area contributed by atoms with Crippen molar-refractivity contribution in [1.82, 2.24) is 0 Å². The molecular formula is C21H20Br2F2O2. The summed E-state index contributed by atoms with van der Waals surface area (Å²) >= 11 is 6.80. The van der Waals surface area contributed by atoms with E-state index < -0.39 is 0 Å². The summed E-state index contributed by atoms with van der Waals surface area (Å²) in [7, 11) is 0. The Morgan fingerprint density at radius 2 is 1.00 bits per heavy atom. The topological polar surface area (TPSA) is 34.1 Å². The van der Waals surface area contributed by atoms with Crippen LogP contribution in [0.3, 0.4) is 0 Å². The van der Waals surface area contributed by atoms with E-state index in [-0.39, 0.29) is 32.9 Å². The van der Waals surface area contributed by atoms with Crippen LogP contribution in [0.4, 0.5) is 8.78 Å². The number of hydrogen-bond acceptors (Lipinski definition) is 2. The van der Waals surface area contributed by atoms with Gasteiger partial charge in [0.25, 0.3) is 0 Å². The molecule has 0 saturated heterocycles. The van der Waals surface area contributed by atoms with E-state index >= 15 is 0 Å². The zero-order valence-electron chi connectivity index (χ0n) is 14.6. The Morgan fingerprint density at radius 1 is 0.667 bits per heavy atom. The molecule has 0 aromatic heterocycles. The van der Waals surface area contributed by atoms with E-state index in [4.69, 9.17) is 0 Å². The lowest BCUT2D eigenvalue weighted by atomic mass is 10.0. The minimum absolute atomic E-state index is 0.0557. The highest BCUT2D eigenvalue weighted by Gasteiger charge is 2.18. The molecule has 2 nitrogen and oxygen atoms in total. The number of alkyl halides is 2. The number of rotatable bonds is 10. The van der Waals surface area contributed by atoms with Gasteiger partial charge < -0.3 is 0 Å². The number of ketones is 2. The van der Waals surface area contributed by atoms with Crippen LogP contribution in [0.2, 0.25) is 0 Å². The van der Waals surface area contributed by atoms with Crippen LogP contribution in [-0.2, 0) is 0 Å². The third kappa shape index (κ3) is 6.92. The summed E-state index contributed by atoms with van der Waals surface area (Å²) in [5.74, 6) is -0.839. The number of Topliss-reactive ketones (excluding diaryl/α,β-unsaturated/α-hetero) is 2. The monoisotopic (exact) mass is 500 g/mol. The van der Waals surface area contributed by atoms with Gasteiger partial charge in [0.05, 0.1) is 9.65 Å². The predicted molar refractivity (Wildman–Crippen MR) is 110 cm³/mol. The maximum Gasteiger partial charge on any atom is 0.176 e. The maximum atomic E-state index is 12.9. The molecule has 2 atom stereocenters. The SMILES string of the molecule is O=C(c1ccc(F)cc1)C(Br)CCCCCC(Br)C(=O)c1ccc(F)cc1. The van der Waals surface area contributed by atoms with Crippen molar-refractivity contribution in [2.24, 2.45) is 0 Å². The lowest BCUT2D eigenvalue weighted by Gasteiger charge is -2.11. The van der Waals surface area contributed by atoms with Crippen molar-refractivity contribution in [1.29, 1.82) is 0 Å². The average Bonchev–Trinajstić information content (AvgIpc) is 2.67. The fourth-order valence-corrected chi connectivity index (χ4v) is 3.85. The van der Waals surface area contributed by atoms with Gasteiger partial charge in [-0.05, 0) is 61.4 Å². The Bertz CT molecular complexity index is 695. The molecule has 0 aliphatic heterocycles. The number of hydrogen-bond donors (Lipinski definition) is 0. The predicted octanol–water partition coefficient (Wildman–Crippen LogP) is 6.51. The first-order chi connectivity index (χ1) is 12.9. The van der Waals surface area contributed by atoms with Gasteiger partial charge in [-0.15, -0.1) is 0 Å². The van der Waals surface area contributed by atoms with E-state index in [9.17, 15) is 18.4 Å². The molecule has 0 heterocycles. The van der Waals surface area contributed by atoms with Crippen molar-refractivity contribution in [2.75, 3.05) is 0 Å². The van der Waals surface area contributed by atoms with Crippen molar-refractivity contribution in [3.63, 3.8) is 0 Å². The zero-order chi connectivity index (χ0) is 19.8. The Hall–Kier alpha value is -1.40. The summed E-state index contributed by atoms with van der Waals surface area (Å²) in [5.41, 5.74) is 0.979. The Kier molecular flexibility index (Phi) is 8.77. The first-order valence-corrected chi connectivity index (χ1v) is 10.6. The lowest BCUT2D eigenvalue weighted by molar-refractivity contribution is 0.0982. The smallest absolute Gasteiger partial charge is 0.176 e. The van der Waals surface area contributed by atoms with E-state index in [2.05, 4.69) is 31.9 Å². The van der Waals surface area contributed by atoms with Gasteiger partial charge in [-0.25, -0.2) is 8.78 Å². The van der Waals surface area contributed by atoms with Crippen LogP contribution in [0.15, 0.2) is 48.5 Å². The molecule has 2 aromatic rings. The normalized spacial score (nSPS) is 13.2. The minimum Gasteiger partial charge on any atom is -0.293 e. The van der Waals surface area contributed by atoms with Gasteiger partial charge in [0.15, 0.2) is 11.6 Å². The lowest BCUT2D eigenvalue weighted by Crippen LogP contribution is -2.15. The molecule has 2 rings (SSSR count). The second-order valence-electron chi connectivity index (χ2n) is 6.32. The van der Waals surface area contributed by atoms with Gasteiger partial charge in [0.1, 0.15) is 11.6 Å². The number of benzene rings is 2. The van der Waals surface area contributed by atoms with E-state index in [1.54, 1.807) is 0 Å². The second-order valence-corrected chi connectivity index (χ2v) is 8.53. The fraction of sp³-hybridized carbons (Fsp3) is 0.333. The minimum atomic E-state index is -0.364. The van der Waals surface area contributed by atoms with Crippen molar-refractivity contribution < 1.29 is 18.4 Å². The van der Waals surface area contributed by atoms with Crippen molar-refractivity contribution >= 4 is 43.4 Å². The van der Waals surface area contributed by atoms with Crippen molar-refractivity contribution in [3.05, 3.63) is 71.3 Å². The molecule has 2 unspecified atom stereocenters. The largest absolute Gasteiger partial charge is 0.293 e. The van der Waals surface area contributed by atoms with Crippen LogP contribution in [0.25, 0.3) is 0 Å². The van der Waals surface area contributed by atoms with E-state index in [0.717, 1.165) is 19.3 Å². The van der Waals surface area contributed by atoms with Gasteiger partial charge in [0, 0.05) is 11.1 Å².